The predicted octanol–water partition coefficient (Wildman–Crippen LogP) is 3.97. The highest BCUT2D eigenvalue weighted by molar-refractivity contribution is 7.90. The maximum absolute atomic E-state index is 12.5. The lowest BCUT2D eigenvalue weighted by atomic mass is 10.1. The Morgan fingerprint density at radius 3 is 2.12 bits per heavy atom. The molecule has 4 nitrogen and oxygen atoms in total. The summed E-state index contributed by atoms with van der Waals surface area (Å²) in [6, 6.07) is 23.6. The van der Waals surface area contributed by atoms with Gasteiger partial charge in [-0.05, 0) is 23.8 Å². The molecule has 1 heterocycles. The fraction of sp³-hybridized carbons (Fsp3) is 0. The summed E-state index contributed by atoms with van der Waals surface area (Å²) in [6.45, 7) is 0. The minimum absolute atomic E-state index is 0.0726. The Morgan fingerprint density at radius 1 is 0.840 bits per heavy atom. The first kappa shape index (κ1) is 16.8. The van der Waals surface area contributed by atoms with Crippen LogP contribution in [0.2, 0.25) is 0 Å². The van der Waals surface area contributed by atoms with E-state index in [1.54, 1.807) is 18.2 Å². The van der Waals surface area contributed by atoms with Gasteiger partial charge in [-0.1, -0.05) is 72.8 Å². The van der Waals surface area contributed by atoms with Gasteiger partial charge in [0.15, 0.2) is 5.03 Å². The monoisotopic (exact) mass is 348 g/mol. The minimum atomic E-state index is -3.89. The summed E-state index contributed by atoms with van der Waals surface area (Å²) in [5.41, 5.74) is 2.03. The Labute approximate surface area is 147 Å². The van der Waals surface area contributed by atoms with Crippen LogP contribution in [-0.4, -0.2) is 19.1 Å². The van der Waals surface area contributed by atoms with Crippen LogP contribution in [-0.2, 0) is 10.0 Å². The molecule has 0 fully saturated rings. The zero-order chi connectivity index (χ0) is 17.5. The Bertz CT molecular complexity index is 982. The summed E-state index contributed by atoms with van der Waals surface area (Å²) in [5, 5.41) is -0.0726. The zero-order valence-electron chi connectivity index (χ0n) is 13.4. The predicted molar refractivity (Wildman–Crippen MR) is 99.9 cm³/mol. The van der Waals surface area contributed by atoms with Crippen molar-refractivity contribution in [1.29, 1.82) is 0 Å². The summed E-state index contributed by atoms with van der Waals surface area (Å²) in [5.74, 6) is 0. The van der Waals surface area contributed by atoms with Crippen LogP contribution in [0.15, 0.2) is 101 Å². The second-order valence-electron chi connectivity index (χ2n) is 5.23. The first-order chi connectivity index (χ1) is 12.1. The van der Waals surface area contributed by atoms with Gasteiger partial charge >= 0.3 is 0 Å². The van der Waals surface area contributed by atoms with Crippen LogP contribution < -0.4 is 0 Å². The van der Waals surface area contributed by atoms with Crippen LogP contribution in [0.5, 0.6) is 0 Å². The number of rotatable bonds is 5. The number of hydrogen-bond acceptors (Lipinski definition) is 3. The lowest BCUT2D eigenvalue weighted by Crippen LogP contribution is -2.05. The van der Waals surface area contributed by atoms with E-state index >= 15 is 0 Å². The van der Waals surface area contributed by atoms with Crippen molar-refractivity contribution in [1.82, 2.24) is 4.98 Å². The molecule has 25 heavy (non-hydrogen) atoms. The molecular formula is C20H16N2O2S. The topological polar surface area (TPSA) is 59.4 Å². The highest BCUT2D eigenvalue weighted by Gasteiger charge is 2.15. The van der Waals surface area contributed by atoms with E-state index in [0.717, 1.165) is 5.56 Å². The standard InChI is InChI=1S/C20H16N2O2S/c23-25(24,20-13-7-8-16-21-20)22-19(18-11-5-2-6-12-18)15-14-17-9-3-1-4-10-17/h1-16H/b15-14+,22-19+. The highest BCUT2D eigenvalue weighted by Crippen LogP contribution is 2.13. The molecule has 0 radical (unpaired) electrons. The maximum atomic E-state index is 12.5. The van der Waals surface area contributed by atoms with E-state index in [1.807, 2.05) is 66.7 Å². The highest BCUT2D eigenvalue weighted by atomic mass is 32.2. The number of hydrogen-bond donors (Lipinski definition) is 0. The van der Waals surface area contributed by atoms with E-state index in [9.17, 15) is 8.42 Å². The van der Waals surface area contributed by atoms with Gasteiger partial charge in [0.05, 0.1) is 5.71 Å². The van der Waals surface area contributed by atoms with Gasteiger partial charge in [0.1, 0.15) is 0 Å². The van der Waals surface area contributed by atoms with Gasteiger partial charge in [0.25, 0.3) is 10.0 Å². The minimum Gasteiger partial charge on any atom is -0.243 e. The van der Waals surface area contributed by atoms with Crippen molar-refractivity contribution in [3.05, 3.63) is 102 Å². The van der Waals surface area contributed by atoms with E-state index in [-0.39, 0.29) is 5.03 Å². The van der Waals surface area contributed by atoms with E-state index in [1.165, 1.54) is 12.3 Å². The van der Waals surface area contributed by atoms with Gasteiger partial charge in [-0.25, -0.2) is 4.98 Å². The molecule has 1 aromatic heterocycles. The normalized spacial score (nSPS) is 12.4. The molecule has 0 saturated carbocycles. The lowest BCUT2D eigenvalue weighted by molar-refractivity contribution is 0.594. The van der Waals surface area contributed by atoms with Crippen LogP contribution in [0.1, 0.15) is 11.1 Å². The van der Waals surface area contributed by atoms with Crippen molar-refractivity contribution in [2.75, 3.05) is 0 Å². The number of allylic oxidation sites excluding steroid dienone is 1. The molecule has 0 atom stereocenters. The molecule has 0 amide bonds. The Morgan fingerprint density at radius 2 is 1.48 bits per heavy atom. The molecule has 0 aliphatic heterocycles. The molecule has 0 aliphatic carbocycles. The number of pyridine rings is 1. The molecule has 3 aromatic rings. The second-order valence-corrected chi connectivity index (χ2v) is 6.78. The van der Waals surface area contributed by atoms with Crippen molar-refractivity contribution >= 4 is 21.8 Å². The molecule has 0 saturated heterocycles. The van der Waals surface area contributed by atoms with Crippen LogP contribution in [0.25, 0.3) is 6.08 Å². The van der Waals surface area contributed by atoms with Crippen molar-refractivity contribution in [2.24, 2.45) is 4.40 Å². The van der Waals surface area contributed by atoms with Gasteiger partial charge in [0.2, 0.25) is 0 Å². The SMILES string of the molecule is O=S(=O)(/N=C(\C=C\c1ccccc1)c1ccccc1)c1ccccn1. The lowest BCUT2D eigenvalue weighted by Gasteiger charge is -2.03. The average Bonchev–Trinajstić information content (AvgIpc) is 2.67. The number of nitrogens with zero attached hydrogens (tertiary/aromatic N) is 2. The van der Waals surface area contributed by atoms with E-state index < -0.39 is 10.0 Å². The summed E-state index contributed by atoms with van der Waals surface area (Å²) < 4.78 is 29.1. The zero-order valence-corrected chi connectivity index (χ0v) is 14.2. The fourth-order valence-corrected chi connectivity index (χ4v) is 3.17. The number of benzene rings is 2. The summed E-state index contributed by atoms with van der Waals surface area (Å²) >= 11 is 0. The van der Waals surface area contributed by atoms with Gasteiger partial charge in [0, 0.05) is 11.8 Å². The fourth-order valence-electron chi connectivity index (χ4n) is 2.20. The summed E-state index contributed by atoms with van der Waals surface area (Å²) in [4.78, 5) is 3.90. The molecule has 0 bridgehead atoms. The second kappa shape index (κ2) is 7.68. The van der Waals surface area contributed by atoms with E-state index in [2.05, 4.69) is 9.38 Å². The third kappa shape index (κ3) is 4.49. The number of aromatic nitrogens is 1. The third-order valence-corrected chi connectivity index (χ3v) is 4.63. The van der Waals surface area contributed by atoms with Gasteiger partial charge < -0.3 is 0 Å². The first-order valence-electron chi connectivity index (χ1n) is 7.70. The van der Waals surface area contributed by atoms with Gasteiger partial charge in [-0.3, -0.25) is 0 Å². The van der Waals surface area contributed by atoms with Crippen LogP contribution >= 0.6 is 0 Å². The molecule has 0 N–H and O–H groups in total. The molecule has 3 rings (SSSR count). The first-order valence-corrected chi connectivity index (χ1v) is 9.14. The Hall–Kier alpha value is -3.05. The number of sulfonamides is 1. The summed E-state index contributed by atoms with van der Waals surface area (Å²) in [6.07, 6.45) is 4.97. The molecular weight excluding hydrogens is 332 g/mol. The Kier molecular flexibility index (Phi) is 5.16. The third-order valence-electron chi connectivity index (χ3n) is 3.42. The van der Waals surface area contributed by atoms with Gasteiger partial charge in [-0.15, -0.1) is 0 Å². The van der Waals surface area contributed by atoms with Crippen LogP contribution in [0, 0.1) is 0 Å². The molecule has 5 heteroatoms. The molecule has 2 aromatic carbocycles. The molecule has 0 unspecified atom stereocenters. The molecule has 124 valence electrons. The maximum Gasteiger partial charge on any atom is 0.300 e. The molecule has 0 aliphatic rings. The van der Waals surface area contributed by atoms with Crippen molar-refractivity contribution < 1.29 is 8.42 Å². The largest absolute Gasteiger partial charge is 0.300 e. The van der Waals surface area contributed by atoms with Gasteiger partial charge in [-0.2, -0.15) is 12.8 Å². The van der Waals surface area contributed by atoms with Crippen LogP contribution in [0.3, 0.4) is 0 Å². The van der Waals surface area contributed by atoms with Crippen molar-refractivity contribution in [2.45, 2.75) is 5.03 Å². The van der Waals surface area contributed by atoms with Crippen molar-refractivity contribution in [3.8, 4) is 0 Å². The van der Waals surface area contributed by atoms with E-state index in [4.69, 9.17) is 0 Å². The smallest absolute Gasteiger partial charge is 0.243 e. The van der Waals surface area contributed by atoms with Crippen molar-refractivity contribution in [3.63, 3.8) is 0 Å². The average molecular weight is 348 g/mol. The molecule has 0 spiro atoms. The Balaban J connectivity index is 2.04. The van der Waals surface area contributed by atoms with E-state index in [0.29, 0.717) is 11.3 Å². The summed E-state index contributed by atoms with van der Waals surface area (Å²) in [7, 11) is -3.89. The quantitative estimate of drug-likeness (QED) is 0.656. The van der Waals surface area contributed by atoms with Crippen LogP contribution in [0.4, 0.5) is 0 Å².